The van der Waals surface area contributed by atoms with Crippen molar-refractivity contribution in [3.8, 4) is 6.01 Å². The number of amides is 1. The van der Waals surface area contributed by atoms with E-state index in [-0.39, 0.29) is 39.6 Å². The maximum atomic E-state index is 14.4. The summed E-state index contributed by atoms with van der Waals surface area (Å²) in [5.41, 5.74) is 0.861. The number of hydrogen-bond donors (Lipinski definition) is 1. The van der Waals surface area contributed by atoms with Crippen LogP contribution in [0.1, 0.15) is 6.42 Å². The van der Waals surface area contributed by atoms with Gasteiger partial charge in [-0.05, 0) is 18.2 Å². The number of carbonyl (C=O) groups is 1. The molecule has 1 unspecified atom stereocenters. The number of likely N-dealkylation sites (tertiary alicyclic amines) is 1. The molecule has 30 heavy (non-hydrogen) atoms. The molecular formula is C19H15Cl2FN6O2. The fourth-order valence-electron chi connectivity index (χ4n) is 3.04. The normalized spacial score (nSPS) is 16.0. The number of aromatic nitrogens is 4. The van der Waals surface area contributed by atoms with Gasteiger partial charge < -0.3 is 15.0 Å². The number of ether oxygens (including phenoxy) is 1. The third-order valence-electron chi connectivity index (χ3n) is 4.55. The minimum atomic E-state index is -0.709. The Kier molecular flexibility index (Phi) is 5.65. The van der Waals surface area contributed by atoms with Gasteiger partial charge in [0.05, 0.1) is 28.5 Å². The molecule has 3 aromatic rings. The van der Waals surface area contributed by atoms with Crippen LogP contribution in [0.2, 0.25) is 10.0 Å². The topological polar surface area (TPSA) is 93.1 Å². The predicted molar refractivity (Wildman–Crippen MR) is 111 cm³/mol. The van der Waals surface area contributed by atoms with Gasteiger partial charge in [0.1, 0.15) is 23.5 Å². The average Bonchev–Trinajstić information content (AvgIpc) is 3.22. The first kappa shape index (κ1) is 20.2. The number of fused-ring (bicyclic) bond motifs is 1. The van der Waals surface area contributed by atoms with Crippen molar-refractivity contribution in [2.45, 2.75) is 12.5 Å². The summed E-state index contributed by atoms with van der Waals surface area (Å²) in [5.74, 6) is -0.608. The molecule has 1 fully saturated rings. The molecule has 11 heteroatoms. The highest BCUT2D eigenvalue weighted by Gasteiger charge is 2.27. The molecule has 8 nitrogen and oxygen atoms in total. The molecule has 0 aliphatic carbocycles. The molecule has 1 atom stereocenters. The van der Waals surface area contributed by atoms with Crippen LogP contribution in [0.25, 0.3) is 11.0 Å². The predicted octanol–water partition coefficient (Wildman–Crippen LogP) is 3.78. The molecule has 0 spiro atoms. The smallest absolute Gasteiger partial charge is 0.317 e. The van der Waals surface area contributed by atoms with Crippen molar-refractivity contribution in [3.05, 3.63) is 53.2 Å². The van der Waals surface area contributed by atoms with Crippen molar-refractivity contribution in [1.29, 1.82) is 0 Å². The van der Waals surface area contributed by atoms with Crippen LogP contribution in [-0.4, -0.2) is 49.9 Å². The lowest BCUT2D eigenvalue weighted by molar-refractivity contribution is -0.125. The van der Waals surface area contributed by atoms with Crippen molar-refractivity contribution >= 4 is 51.6 Å². The highest BCUT2D eigenvalue weighted by Crippen LogP contribution is 2.32. The van der Waals surface area contributed by atoms with Crippen LogP contribution in [0.3, 0.4) is 0 Å². The first-order chi connectivity index (χ1) is 14.5. The molecule has 1 saturated heterocycles. The van der Waals surface area contributed by atoms with Crippen molar-refractivity contribution in [2.75, 3.05) is 18.4 Å². The second kappa shape index (κ2) is 8.37. The number of anilines is 2. The van der Waals surface area contributed by atoms with Crippen LogP contribution in [0, 0.1) is 5.82 Å². The van der Waals surface area contributed by atoms with Gasteiger partial charge in [0.25, 0.3) is 0 Å². The zero-order valence-electron chi connectivity index (χ0n) is 15.5. The van der Waals surface area contributed by atoms with Gasteiger partial charge in [-0.2, -0.15) is 4.98 Å². The van der Waals surface area contributed by atoms with Crippen LogP contribution in [-0.2, 0) is 4.79 Å². The van der Waals surface area contributed by atoms with Crippen LogP contribution in [0.15, 0.2) is 37.3 Å². The Morgan fingerprint density at radius 3 is 2.97 bits per heavy atom. The average molecular weight is 449 g/mol. The van der Waals surface area contributed by atoms with E-state index in [9.17, 15) is 9.18 Å². The minimum Gasteiger partial charge on any atom is -0.458 e. The molecule has 1 aliphatic rings. The first-order valence-electron chi connectivity index (χ1n) is 8.92. The van der Waals surface area contributed by atoms with E-state index in [2.05, 4.69) is 31.8 Å². The monoisotopic (exact) mass is 448 g/mol. The lowest BCUT2D eigenvalue weighted by Gasteiger charge is -2.15. The number of hydrogen-bond acceptors (Lipinski definition) is 7. The number of rotatable bonds is 5. The molecule has 0 bridgehead atoms. The zero-order valence-corrected chi connectivity index (χ0v) is 17.0. The van der Waals surface area contributed by atoms with E-state index < -0.39 is 5.82 Å². The summed E-state index contributed by atoms with van der Waals surface area (Å²) in [6.07, 6.45) is 4.45. The minimum absolute atomic E-state index is 0.0832. The van der Waals surface area contributed by atoms with E-state index in [0.29, 0.717) is 30.5 Å². The lowest BCUT2D eigenvalue weighted by Crippen LogP contribution is -2.29. The van der Waals surface area contributed by atoms with Crippen molar-refractivity contribution in [3.63, 3.8) is 0 Å². The summed E-state index contributed by atoms with van der Waals surface area (Å²) in [4.78, 5) is 30.2. The van der Waals surface area contributed by atoms with Gasteiger partial charge >= 0.3 is 6.01 Å². The molecular weight excluding hydrogens is 434 g/mol. The maximum Gasteiger partial charge on any atom is 0.317 e. The maximum absolute atomic E-state index is 14.4. The number of benzene rings is 1. The number of halogens is 3. The first-order valence-corrected chi connectivity index (χ1v) is 9.68. The fourth-order valence-corrected chi connectivity index (χ4v) is 3.35. The third-order valence-corrected chi connectivity index (χ3v) is 5.33. The summed E-state index contributed by atoms with van der Waals surface area (Å²) in [6, 6.07) is 3.02. The SMILES string of the molecule is C=CC(=O)N1CCC(Oc2ncc3ncnc(Nc4ccc(Cl)c(Cl)c4F)c3n2)C1. The summed E-state index contributed by atoms with van der Waals surface area (Å²) in [6.45, 7) is 4.47. The van der Waals surface area contributed by atoms with E-state index in [1.54, 1.807) is 4.90 Å². The summed E-state index contributed by atoms with van der Waals surface area (Å²) in [7, 11) is 0. The van der Waals surface area contributed by atoms with Crippen LogP contribution in [0.4, 0.5) is 15.9 Å². The summed E-state index contributed by atoms with van der Waals surface area (Å²) in [5, 5.41) is 2.76. The second-order valence-corrected chi connectivity index (χ2v) is 7.26. The number of nitrogens with one attached hydrogen (secondary N) is 1. The van der Waals surface area contributed by atoms with Crippen molar-refractivity contribution < 1.29 is 13.9 Å². The van der Waals surface area contributed by atoms with Gasteiger partial charge in [-0.25, -0.2) is 19.3 Å². The Morgan fingerprint density at radius 2 is 2.17 bits per heavy atom. The Morgan fingerprint density at radius 1 is 1.33 bits per heavy atom. The van der Waals surface area contributed by atoms with Gasteiger partial charge in [-0.1, -0.05) is 29.8 Å². The number of nitrogens with zero attached hydrogens (tertiary/aromatic N) is 5. The van der Waals surface area contributed by atoms with E-state index >= 15 is 0 Å². The Balaban J connectivity index is 1.59. The number of carbonyl (C=O) groups excluding carboxylic acids is 1. The molecule has 1 aliphatic heterocycles. The lowest BCUT2D eigenvalue weighted by atomic mass is 10.3. The van der Waals surface area contributed by atoms with E-state index in [0.717, 1.165) is 0 Å². The molecule has 0 saturated carbocycles. The van der Waals surface area contributed by atoms with Crippen LogP contribution >= 0.6 is 23.2 Å². The Labute approximate surface area is 180 Å². The molecule has 1 aromatic carbocycles. The highest BCUT2D eigenvalue weighted by atomic mass is 35.5. The molecule has 1 amide bonds. The highest BCUT2D eigenvalue weighted by molar-refractivity contribution is 6.42. The van der Waals surface area contributed by atoms with Gasteiger partial charge in [0.2, 0.25) is 5.91 Å². The zero-order chi connectivity index (χ0) is 21.3. The molecule has 3 heterocycles. The fraction of sp³-hybridized carbons (Fsp3) is 0.211. The van der Waals surface area contributed by atoms with E-state index in [4.69, 9.17) is 27.9 Å². The molecule has 154 valence electrons. The quantitative estimate of drug-likeness (QED) is 0.468. The van der Waals surface area contributed by atoms with E-state index in [1.165, 1.54) is 30.7 Å². The van der Waals surface area contributed by atoms with Gasteiger partial charge in [-0.15, -0.1) is 0 Å². The van der Waals surface area contributed by atoms with Gasteiger partial charge in [-0.3, -0.25) is 4.79 Å². The molecule has 1 N–H and O–H groups in total. The van der Waals surface area contributed by atoms with Crippen LogP contribution in [0.5, 0.6) is 6.01 Å². The standard InChI is InChI=1S/C19H15Cl2FN6O2/c1-2-14(29)28-6-5-10(8-28)30-19-23-7-13-17(27-19)18(25-9-24-13)26-12-4-3-11(20)15(21)16(12)22/h2-4,7,9-10H,1,5-6,8H2,(H,24,25,26). The molecule has 2 aromatic heterocycles. The van der Waals surface area contributed by atoms with Gasteiger partial charge in [0.15, 0.2) is 11.6 Å². The third kappa shape index (κ3) is 3.99. The van der Waals surface area contributed by atoms with E-state index in [1.807, 2.05) is 0 Å². The Bertz CT molecular complexity index is 1150. The molecule has 0 radical (unpaired) electrons. The van der Waals surface area contributed by atoms with Crippen LogP contribution < -0.4 is 10.1 Å². The summed E-state index contributed by atoms with van der Waals surface area (Å²) < 4.78 is 20.2. The largest absolute Gasteiger partial charge is 0.458 e. The summed E-state index contributed by atoms with van der Waals surface area (Å²) >= 11 is 11.7. The van der Waals surface area contributed by atoms with Crippen molar-refractivity contribution in [1.82, 2.24) is 24.8 Å². The van der Waals surface area contributed by atoms with Gasteiger partial charge in [0, 0.05) is 13.0 Å². The Hall–Kier alpha value is -3.04. The second-order valence-electron chi connectivity index (χ2n) is 6.47. The molecule has 4 rings (SSSR count). The van der Waals surface area contributed by atoms with Crippen molar-refractivity contribution in [2.24, 2.45) is 0 Å².